The van der Waals surface area contributed by atoms with Crippen molar-refractivity contribution in [3.63, 3.8) is 0 Å². The molecule has 0 heterocycles. The van der Waals surface area contributed by atoms with Crippen LogP contribution in [0.5, 0.6) is 0 Å². The molecule has 0 saturated heterocycles. The normalized spacial score (nSPS) is 11.8. The summed E-state index contributed by atoms with van der Waals surface area (Å²) in [5.41, 5.74) is 1.34. The SMILES string of the molecule is CCCCC[Si](CCCCC)(CCCCC)OCc1ccccc1. The van der Waals surface area contributed by atoms with Gasteiger partial charge in [0.1, 0.15) is 0 Å². The minimum Gasteiger partial charge on any atom is -0.413 e. The molecule has 1 rings (SSSR count). The van der Waals surface area contributed by atoms with Crippen molar-refractivity contribution in [3.05, 3.63) is 35.9 Å². The van der Waals surface area contributed by atoms with Crippen molar-refractivity contribution in [1.29, 1.82) is 0 Å². The standard InChI is InChI=1S/C22H40OSi/c1-4-7-13-18-24(19-14-8-5-2,20-15-9-6-3)23-21-22-16-11-10-12-17-22/h10-12,16-17H,4-9,13-15,18-21H2,1-3H3. The van der Waals surface area contributed by atoms with Crippen LogP contribution in [0.25, 0.3) is 0 Å². The maximum atomic E-state index is 6.79. The summed E-state index contributed by atoms with van der Waals surface area (Å²) in [5.74, 6) is 0. The lowest BCUT2D eigenvalue weighted by atomic mass is 10.2. The fourth-order valence-corrected chi connectivity index (χ4v) is 7.83. The Morgan fingerprint density at radius 3 is 1.54 bits per heavy atom. The lowest BCUT2D eigenvalue weighted by Gasteiger charge is -2.32. The first-order valence-electron chi connectivity index (χ1n) is 10.4. The van der Waals surface area contributed by atoms with Crippen molar-refractivity contribution in [2.75, 3.05) is 0 Å². The van der Waals surface area contributed by atoms with Crippen LogP contribution in [0.1, 0.15) is 84.1 Å². The first-order chi connectivity index (χ1) is 11.8. The maximum absolute atomic E-state index is 6.79. The van der Waals surface area contributed by atoms with Gasteiger partial charge in [0.2, 0.25) is 0 Å². The summed E-state index contributed by atoms with van der Waals surface area (Å²) < 4.78 is 6.79. The summed E-state index contributed by atoms with van der Waals surface area (Å²) in [7, 11) is -1.59. The fourth-order valence-electron chi connectivity index (χ4n) is 3.49. The van der Waals surface area contributed by atoms with E-state index in [0.29, 0.717) is 0 Å². The minimum atomic E-state index is -1.59. The molecular weight excluding hydrogens is 308 g/mol. The van der Waals surface area contributed by atoms with Gasteiger partial charge >= 0.3 is 0 Å². The van der Waals surface area contributed by atoms with E-state index in [4.69, 9.17) is 4.43 Å². The van der Waals surface area contributed by atoms with Gasteiger partial charge in [0.25, 0.3) is 0 Å². The average Bonchev–Trinajstić information content (AvgIpc) is 2.61. The van der Waals surface area contributed by atoms with Gasteiger partial charge in [-0.25, -0.2) is 0 Å². The topological polar surface area (TPSA) is 9.23 Å². The Balaban J connectivity index is 2.71. The molecule has 138 valence electrons. The molecule has 0 unspecified atom stereocenters. The summed E-state index contributed by atoms with van der Waals surface area (Å²) in [6.45, 7) is 7.75. The molecule has 0 aliphatic heterocycles. The third kappa shape index (κ3) is 9.03. The molecule has 1 aromatic rings. The Bertz CT molecular complexity index is 364. The third-order valence-corrected chi connectivity index (χ3v) is 9.65. The van der Waals surface area contributed by atoms with E-state index >= 15 is 0 Å². The zero-order valence-electron chi connectivity index (χ0n) is 16.5. The van der Waals surface area contributed by atoms with E-state index in [0.717, 1.165) is 6.61 Å². The number of unbranched alkanes of at least 4 members (excludes halogenated alkanes) is 6. The highest BCUT2D eigenvalue weighted by Crippen LogP contribution is 2.31. The molecule has 0 aliphatic carbocycles. The van der Waals surface area contributed by atoms with Crippen molar-refractivity contribution >= 4 is 8.32 Å². The third-order valence-electron chi connectivity index (χ3n) is 5.10. The Labute approximate surface area is 152 Å². The molecule has 1 nitrogen and oxygen atoms in total. The van der Waals surface area contributed by atoms with E-state index in [1.165, 1.54) is 81.5 Å². The summed E-state index contributed by atoms with van der Waals surface area (Å²) in [4.78, 5) is 0. The molecule has 0 bridgehead atoms. The second-order valence-electron chi connectivity index (χ2n) is 7.33. The second-order valence-corrected chi connectivity index (χ2v) is 11.5. The summed E-state index contributed by atoms with van der Waals surface area (Å²) in [5, 5.41) is 0. The summed E-state index contributed by atoms with van der Waals surface area (Å²) in [6.07, 6.45) is 12.1. The van der Waals surface area contributed by atoms with Gasteiger partial charge in [-0.1, -0.05) is 109 Å². The van der Waals surface area contributed by atoms with Crippen LogP contribution < -0.4 is 0 Å². The molecular formula is C22H40OSi. The second kappa shape index (κ2) is 13.7. The van der Waals surface area contributed by atoms with E-state index in [2.05, 4.69) is 51.1 Å². The molecule has 0 radical (unpaired) electrons. The molecule has 0 spiro atoms. The molecule has 0 fully saturated rings. The highest BCUT2D eigenvalue weighted by molar-refractivity contribution is 6.73. The Morgan fingerprint density at radius 2 is 1.12 bits per heavy atom. The highest BCUT2D eigenvalue weighted by Gasteiger charge is 2.33. The van der Waals surface area contributed by atoms with Gasteiger partial charge in [0, 0.05) is 0 Å². The van der Waals surface area contributed by atoms with Crippen LogP contribution in [0.15, 0.2) is 30.3 Å². The molecule has 1 aromatic carbocycles. The van der Waals surface area contributed by atoms with Crippen LogP contribution in [0, 0.1) is 0 Å². The largest absolute Gasteiger partial charge is 0.413 e. The molecule has 0 aromatic heterocycles. The zero-order valence-corrected chi connectivity index (χ0v) is 17.5. The van der Waals surface area contributed by atoms with E-state index in [1.54, 1.807) is 0 Å². The number of hydrogen-bond donors (Lipinski definition) is 0. The summed E-state index contributed by atoms with van der Waals surface area (Å²) >= 11 is 0. The maximum Gasteiger partial charge on any atom is 0.193 e. The zero-order chi connectivity index (χ0) is 17.5. The monoisotopic (exact) mass is 348 g/mol. The van der Waals surface area contributed by atoms with Gasteiger partial charge in [-0.05, 0) is 23.7 Å². The predicted octanol–water partition coefficient (Wildman–Crippen LogP) is 7.72. The molecule has 0 N–H and O–H groups in total. The predicted molar refractivity (Wildman–Crippen MR) is 110 cm³/mol. The lowest BCUT2D eigenvalue weighted by Crippen LogP contribution is -2.38. The molecule has 0 atom stereocenters. The van der Waals surface area contributed by atoms with Crippen LogP contribution in [0.2, 0.25) is 18.1 Å². The molecule has 0 amide bonds. The van der Waals surface area contributed by atoms with Crippen LogP contribution in [0.4, 0.5) is 0 Å². The first kappa shape index (κ1) is 21.4. The number of rotatable bonds is 15. The van der Waals surface area contributed by atoms with Crippen molar-refractivity contribution in [1.82, 2.24) is 0 Å². The van der Waals surface area contributed by atoms with Crippen molar-refractivity contribution in [2.45, 2.75) is 103 Å². The molecule has 0 aliphatic rings. The molecule has 24 heavy (non-hydrogen) atoms. The van der Waals surface area contributed by atoms with Crippen LogP contribution in [-0.4, -0.2) is 8.32 Å². The van der Waals surface area contributed by atoms with Gasteiger partial charge in [0.05, 0.1) is 6.61 Å². The highest BCUT2D eigenvalue weighted by atomic mass is 28.4. The van der Waals surface area contributed by atoms with E-state index < -0.39 is 8.32 Å². The van der Waals surface area contributed by atoms with Gasteiger partial charge < -0.3 is 4.43 Å². The van der Waals surface area contributed by atoms with Gasteiger partial charge in [-0.2, -0.15) is 0 Å². The smallest absolute Gasteiger partial charge is 0.193 e. The Hall–Kier alpha value is -0.603. The van der Waals surface area contributed by atoms with Gasteiger partial charge in [-0.15, -0.1) is 0 Å². The number of benzene rings is 1. The van der Waals surface area contributed by atoms with E-state index in [-0.39, 0.29) is 0 Å². The van der Waals surface area contributed by atoms with Crippen molar-refractivity contribution in [3.8, 4) is 0 Å². The molecule has 2 heteroatoms. The van der Waals surface area contributed by atoms with Crippen molar-refractivity contribution < 1.29 is 4.43 Å². The molecule has 0 saturated carbocycles. The van der Waals surface area contributed by atoms with Gasteiger partial charge in [-0.3, -0.25) is 0 Å². The van der Waals surface area contributed by atoms with Gasteiger partial charge in [0.15, 0.2) is 8.32 Å². The number of hydrogen-bond acceptors (Lipinski definition) is 1. The van der Waals surface area contributed by atoms with E-state index in [1.807, 2.05) is 0 Å². The quantitative estimate of drug-likeness (QED) is 0.233. The fraction of sp³-hybridized carbons (Fsp3) is 0.727. The Kier molecular flexibility index (Phi) is 12.2. The summed E-state index contributed by atoms with van der Waals surface area (Å²) in [6, 6.07) is 14.9. The first-order valence-corrected chi connectivity index (χ1v) is 13.0. The van der Waals surface area contributed by atoms with Crippen LogP contribution in [0.3, 0.4) is 0 Å². The van der Waals surface area contributed by atoms with Crippen molar-refractivity contribution in [2.24, 2.45) is 0 Å². The minimum absolute atomic E-state index is 0.831. The Morgan fingerprint density at radius 1 is 0.667 bits per heavy atom. The van der Waals surface area contributed by atoms with Crippen LogP contribution >= 0.6 is 0 Å². The average molecular weight is 349 g/mol. The van der Waals surface area contributed by atoms with Crippen LogP contribution in [-0.2, 0) is 11.0 Å². The van der Waals surface area contributed by atoms with E-state index in [9.17, 15) is 0 Å². The lowest BCUT2D eigenvalue weighted by molar-refractivity contribution is 0.281.